The summed E-state index contributed by atoms with van der Waals surface area (Å²) in [5.74, 6) is 3.18. The van der Waals surface area contributed by atoms with Gasteiger partial charge in [-0.3, -0.25) is 0 Å². The highest BCUT2D eigenvalue weighted by Gasteiger charge is 2.75. The average Bonchev–Trinajstić information content (AvgIpc) is 3.78. The largest absolute Gasteiger partial charge is 0.394 e. The van der Waals surface area contributed by atoms with Gasteiger partial charge in [-0.15, -0.1) is 0 Å². The lowest BCUT2D eigenvalue weighted by Crippen LogP contribution is -2.67. The van der Waals surface area contributed by atoms with Crippen LogP contribution in [0.15, 0.2) is 0 Å². The predicted octanol–water partition coefficient (Wildman–Crippen LogP) is 12.6. The Hall–Kier alpha value is 0.274. The Kier molecular flexibility index (Phi) is 14.2. The van der Waals surface area contributed by atoms with Crippen LogP contribution in [0.1, 0.15) is 174 Å². The second kappa shape index (κ2) is 16.1. The third-order valence-corrected chi connectivity index (χ3v) is 26.0. The predicted molar refractivity (Wildman–Crippen MR) is 202 cm³/mol. The number of hydrogen-bond acceptors (Lipinski definition) is 4. The van der Waals surface area contributed by atoms with Gasteiger partial charge in [-0.25, -0.2) is 0 Å². The van der Waals surface area contributed by atoms with Crippen LogP contribution < -0.4 is 0 Å². The Balaban J connectivity index is 0.000000254. The molecule has 0 aromatic carbocycles. The van der Waals surface area contributed by atoms with Gasteiger partial charge in [0.2, 0.25) is 0 Å². The minimum atomic E-state index is -2.50. The van der Waals surface area contributed by atoms with Crippen molar-refractivity contribution in [2.45, 2.75) is 195 Å². The molecule has 0 heterocycles. The van der Waals surface area contributed by atoms with Crippen molar-refractivity contribution in [2.75, 3.05) is 26.4 Å². The van der Waals surface area contributed by atoms with E-state index >= 15 is 0 Å². The Morgan fingerprint density at radius 2 is 0.804 bits per heavy atom. The van der Waals surface area contributed by atoms with Crippen molar-refractivity contribution >= 4 is 17.1 Å². The maximum atomic E-state index is 7.01. The molecule has 4 saturated carbocycles. The van der Waals surface area contributed by atoms with Crippen LogP contribution >= 0.6 is 0 Å². The van der Waals surface area contributed by atoms with Crippen LogP contribution in [0.5, 0.6) is 0 Å². The van der Waals surface area contributed by atoms with E-state index in [1.807, 2.05) is 0 Å². The minimum Gasteiger partial charge on any atom is -0.394 e. The van der Waals surface area contributed by atoms with Crippen molar-refractivity contribution in [1.29, 1.82) is 0 Å². The molecule has 272 valence electrons. The average molecular weight is 681 g/mol. The lowest BCUT2D eigenvalue weighted by molar-refractivity contribution is 0.0538. The van der Waals surface area contributed by atoms with Crippen LogP contribution in [0.2, 0.25) is 21.2 Å². The van der Waals surface area contributed by atoms with Crippen LogP contribution in [0, 0.1) is 34.5 Å². The molecule has 4 aliphatic rings. The summed E-state index contributed by atoms with van der Waals surface area (Å²) in [6.07, 6.45) is 15.9. The van der Waals surface area contributed by atoms with Crippen molar-refractivity contribution < 1.29 is 17.7 Å². The van der Waals surface area contributed by atoms with Gasteiger partial charge in [0.1, 0.15) is 0 Å². The molecule has 4 rings (SSSR count). The van der Waals surface area contributed by atoms with Gasteiger partial charge in [0.15, 0.2) is 0 Å². The van der Waals surface area contributed by atoms with Crippen LogP contribution in [-0.2, 0) is 17.7 Å². The molecule has 4 aliphatic carbocycles. The van der Waals surface area contributed by atoms with Gasteiger partial charge >= 0.3 is 17.1 Å². The molecule has 0 amide bonds. The fourth-order valence-electron chi connectivity index (χ4n) is 11.6. The van der Waals surface area contributed by atoms with Gasteiger partial charge in [0.05, 0.1) is 0 Å². The molecule has 0 aliphatic heterocycles. The molecule has 0 N–H and O–H groups in total. The molecule has 6 unspecified atom stereocenters. The topological polar surface area (TPSA) is 36.9 Å². The van der Waals surface area contributed by atoms with Crippen molar-refractivity contribution in [3.8, 4) is 0 Å². The van der Waals surface area contributed by atoms with Crippen molar-refractivity contribution in [3.05, 3.63) is 0 Å². The highest BCUT2D eigenvalue weighted by molar-refractivity contribution is 6.74. The second-order valence-corrected chi connectivity index (χ2v) is 25.4. The molecule has 46 heavy (non-hydrogen) atoms. The zero-order chi connectivity index (χ0) is 34.6. The standard InChI is InChI=1S/C22H44O2Si.C18H36O2Si/c1-9-23-25(24-10-2,21(19(3,4)5)15-11-12-16-21)22(20(6,7)8)17-13-14-18-22;1-7-19-21(20-8-2,17-11-9-13(3)15(17)5)18-12-10-14(4)16(18)6/h9-18H2,1-8H3;13-18H,7-12H2,1-6H3. The Bertz CT molecular complexity index is 837. The summed E-state index contributed by atoms with van der Waals surface area (Å²) < 4.78 is 27.2. The third-order valence-electron chi connectivity index (χ3n) is 14.4. The molecule has 0 aromatic rings. The minimum absolute atomic E-state index is 0.223. The molecule has 0 spiro atoms. The van der Waals surface area contributed by atoms with E-state index < -0.39 is 17.1 Å². The SMILES string of the molecule is CCO[Si](OCC)(C1(C(C)(C)C)CCCC1)C1(C(C)(C)C)CCCC1.CCO[Si](OCC)(C1CCC(C)C1C)C1CCC(C)C1C. The Labute approximate surface area is 290 Å². The summed E-state index contributed by atoms with van der Waals surface area (Å²) in [5, 5.41) is 0.452. The molecule has 0 aromatic heterocycles. The van der Waals surface area contributed by atoms with Crippen LogP contribution in [0.4, 0.5) is 0 Å². The van der Waals surface area contributed by atoms with Gasteiger partial charge in [0.25, 0.3) is 0 Å². The van der Waals surface area contributed by atoms with Crippen molar-refractivity contribution in [3.63, 3.8) is 0 Å². The fraction of sp³-hybridized carbons (Fsp3) is 1.00. The molecule has 0 saturated heterocycles. The maximum Gasteiger partial charge on any atom is 0.352 e. The summed E-state index contributed by atoms with van der Waals surface area (Å²) in [7, 11) is -4.64. The number of hydrogen-bond donors (Lipinski definition) is 0. The van der Waals surface area contributed by atoms with E-state index in [0.29, 0.717) is 11.1 Å². The molecule has 0 radical (unpaired) electrons. The van der Waals surface area contributed by atoms with Gasteiger partial charge in [-0.2, -0.15) is 0 Å². The van der Waals surface area contributed by atoms with Crippen LogP contribution in [0.25, 0.3) is 0 Å². The molecular formula is C40H80O4Si2. The molecular weight excluding hydrogens is 601 g/mol. The highest BCUT2D eigenvalue weighted by Crippen LogP contribution is 2.75. The van der Waals surface area contributed by atoms with E-state index in [4.69, 9.17) is 17.7 Å². The zero-order valence-corrected chi connectivity index (χ0v) is 35.4. The summed E-state index contributed by atoms with van der Waals surface area (Å²) in [4.78, 5) is 0. The van der Waals surface area contributed by atoms with Crippen molar-refractivity contribution in [2.24, 2.45) is 34.5 Å². The van der Waals surface area contributed by atoms with E-state index in [1.165, 1.54) is 77.0 Å². The fourth-order valence-corrected chi connectivity index (χ4v) is 24.2. The van der Waals surface area contributed by atoms with Crippen molar-refractivity contribution in [1.82, 2.24) is 0 Å². The summed E-state index contributed by atoms with van der Waals surface area (Å²) in [6, 6.07) is 0. The lowest BCUT2D eigenvalue weighted by Gasteiger charge is -2.62. The first-order valence-electron chi connectivity index (χ1n) is 20.1. The first kappa shape index (κ1) is 40.7. The van der Waals surface area contributed by atoms with Crippen LogP contribution in [-0.4, -0.2) is 43.5 Å². The first-order chi connectivity index (χ1) is 21.5. The molecule has 6 heteroatoms. The van der Waals surface area contributed by atoms with E-state index in [0.717, 1.165) is 50.1 Å². The van der Waals surface area contributed by atoms with E-state index in [1.54, 1.807) is 0 Å². The summed E-state index contributed by atoms with van der Waals surface area (Å²) in [5.41, 5.74) is 1.84. The molecule has 4 nitrogen and oxygen atoms in total. The first-order valence-corrected chi connectivity index (χ1v) is 23.9. The number of rotatable bonds is 12. The van der Waals surface area contributed by atoms with E-state index in [-0.39, 0.29) is 20.9 Å². The van der Waals surface area contributed by atoms with Gasteiger partial charge in [-0.1, -0.05) is 108 Å². The summed E-state index contributed by atoms with van der Waals surface area (Å²) >= 11 is 0. The Morgan fingerprint density at radius 3 is 1.02 bits per heavy atom. The monoisotopic (exact) mass is 681 g/mol. The van der Waals surface area contributed by atoms with E-state index in [9.17, 15) is 0 Å². The van der Waals surface area contributed by atoms with E-state index in [2.05, 4.69) is 96.9 Å². The van der Waals surface area contributed by atoms with Gasteiger partial charge in [-0.05, 0) is 101 Å². The lowest BCUT2D eigenvalue weighted by atomic mass is 9.77. The maximum absolute atomic E-state index is 7.01. The second-order valence-electron chi connectivity index (χ2n) is 18.2. The molecule has 4 fully saturated rings. The highest BCUT2D eigenvalue weighted by atomic mass is 28.4. The van der Waals surface area contributed by atoms with Gasteiger partial charge < -0.3 is 17.7 Å². The summed E-state index contributed by atoms with van der Waals surface area (Å²) in [6.45, 7) is 36.4. The van der Waals surface area contributed by atoms with Gasteiger partial charge in [0, 0.05) is 47.6 Å². The smallest absolute Gasteiger partial charge is 0.352 e. The molecule has 6 atom stereocenters. The Morgan fingerprint density at radius 1 is 0.500 bits per heavy atom. The quantitative estimate of drug-likeness (QED) is 0.192. The van der Waals surface area contributed by atoms with Crippen LogP contribution in [0.3, 0.4) is 0 Å². The third kappa shape index (κ3) is 7.07. The molecule has 0 bridgehead atoms. The zero-order valence-electron chi connectivity index (χ0n) is 33.4. The normalized spacial score (nSPS) is 31.7.